The Labute approximate surface area is 113 Å². The van der Waals surface area contributed by atoms with Gasteiger partial charge in [0.1, 0.15) is 0 Å². The van der Waals surface area contributed by atoms with E-state index in [2.05, 4.69) is 16.1 Å². The summed E-state index contributed by atoms with van der Waals surface area (Å²) in [6, 6.07) is 13.6. The van der Waals surface area contributed by atoms with Gasteiger partial charge in [-0.05, 0) is 17.7 Å². The normalized spacial score (nSPS) is 12.7. The summed E-state index contributed by atoms with van der Waals surface area (Å²) >= 11 is 0. The third kappa shape index (κ3) is 3.42. The van der Waals surface area contributed by atoms with E-state index in [0.717, 1.165) is 17.8 Å². The first kappa shape index (κ1) is 13.3. The Morgan fingerprint density at radius 3 is 2.68 bits per heavy atom. The molecule has 1 atom stereocenters. The van der Waals surface area contributed by atoms with Gasteiger partial charge in [0.15, 0.2) is 0 Å². The fraction of sp³-hybridized carbons (Fsp3) is 0.188. The average Bonchev–Trinajstić information content (AvgIpc) is 2.89. The van der Waals surface area contributed by atoms with Crippen LogP contribution in [0.1, 0.15) is 17.3 Å². The minimum Gasteiger partial charge on any atom is -0.394 e. The SMILES string of the molecule is C=CCn1cccc1C=N[C@H](CO)c1ccccc1. The highest BCUT2D eigenvalue weighted by atomic mass is 16.3. The lowest BCUT2D eigenvalue weighted by molar-refractivity contribution is 0.269. The van der Waals surface area contributed by atoms with Gasteiger partial charge in [-0.3, -0.25) is 4.99 Å². The smallest absolute Gasteiger partial charge is 0.0980 e. The van der Waals surface area contributed by atoms with Crippen molar-refractivity contribution >= 4 is 6.21 Å². The van der Waals surface area contributed by atoms with Crippen molar-refractivity contribution in [3.8, 4) is 0 Å². The number of benzene rings is 1. The highest BCUT2D eigenvalue weighted by molar-refractivity contribution is 5.77. The molecule has 0 bridgehead atoms. The van der Waals surface area contributed by atoms with E-state index < -0.39 is 0 Å². The van der Waals surface area contributed by atoms with E-state index in [1.165, 1.54) is 0 Å². The molecule has 0 saturated heterocycles. The van der Waals surface area contributed by atoms with Crippen LogP contribution in [-0.2, 0) is 6.54 Å². The van der Waals surface area contributed by atoms with Gasteiger partial charge >= 0.3 is 0 Å². The molecule has 0 fully saturated rings. The monoisotopic (exact) mass is 254 g/mol. The Bertz CT molecular complexity index is 543. The number of hydrogen-bond acceptors (Lipinski definition) is 2. The quantitative estimate of drug-likeness (QED) is 0.624. The van der Waals surface area contributed by atoms with Gasteiger partial charge < -0.3 is 9.67 Å². The predicted octanol–water partition coefficient (Wildman–Crippen LogP) is 2.83. The summed E-state index contributed by atoms with van der Waals surface area (Å²) in [5, 5.41) is 9.44. The molecule has 3 nitrogen and oxygen atoms in total. The average molecular weight is 254 g/mol. The molecule has 0 radical (unpaired) electrons. The molecule has 2 rings (SSSR count). The van der Waals surface area contributed by atoms with Crippen molar-refractivity contribution in [2.24, 2.45) is 4.99 Å². The molecule has 1 aromatic carbocycles. The van der Waals surface area contributed by atoms with Crippen LogP contribution >= 0.6 is 0 Å². The van der Waals surface area contributed by atoms with E-state index >= 15 is 0 Å². The molecule has 0 aliphatic heterocycles. The van der Waals surface area contributed by atoms with Crippen molar-refractivity contribution in [3.05, 3.63) is 72.6 Å². The largest absolute Gasteiger partial charge is 0.394 e. The molecule has 0 aliphatic rings. The molecular formula is C16H18N2O. The van der Waals surface area contributed by atoms with Crippen LogP contribution in [0.2, 0.25) is 0 Å². The maximum Gasteiger partial charge on any atom is 0.0980 e. The second-order valence-corrected chi connectivity index (χ2v) is 4.26. The Balaban J connectivity index is 2.16. The Kier molecular flexibility index (Phi) is 4.70. The van der Waals surface area contributed by atoms with E-state index in [1.807, 2.05) is 54.7 Å². The lowest BCUT2D eigenvalue weighted by atomic mass is 10.1. The lowest BCUT2D eigenvalue weighted by Crippen LogP contribution is -2.04. The molecule has 1 heterocycles. The molecule has 2 aromatic rings. The fourth-order valence-electron chi connectivity index (χ4n) is 1.93. The fourth-order valence-corrected chi connectivity index (χ4v) is 1.93. The van der Waals surface area contributed by atoms with Crippen LogP contribution in [0, 0.1) is 0 Å². The Morgan fingerprint density at radius 1 is 1.21 bits per heavy atom. The van der Waals surface area contributed by atoms with Crippen LogP contribution in [0.4, 0.5) is 0 Å². The molecule has 3 heteroatoms. The van der Waals surface area contributed by atoms with Gasteiger partial charge in [0, 0.05) is 19.0 Å². The topological polar surface area (TPSA) is 37.5 Å². The minimum absolute atomic E-state index is 0.00266. The van der Waals surface area contributed by atoms with Crippen LogP contribution in [-0.4, -0.2) is 22.5 Å². The van der Waals surface area contributed by atoms with Gasteiger partial charge in [-0.2, -0.15) is 0 Å². The summed E-state index contributed by atoms with van der Waals surface area (Å²) in [5.41, 5.74) is 2.03. The van der Waals surface area contributed by atoms with Gasteiger partial charge in [-0.25, -0.2) is 0 Å². The standard InChI is InChI=1S/C16H18N2O/c1-2-10-18-11-6-9-15(18)12-17-16(13-19)14-7-4-3-5-8-14/h2-9,11-12,16,19H,1,10,13H2/t16-/m1/s1. The zero-order valence-electron chi connectivity index (χ0n) is 10.8. The van der Waals surface area contributed by atoms with Gasteiger partial charge in [0.25, 0.3) is 0 Å². The second kappa shape index (κ2) is 6.71. The highest BCUT2D eigenvalue weighted by Crippen LogP contribution is 2.16. The van der Waals surface area contributed by atoms with E-state index in [4.69, 9.17) is 0 Å². The number of rotatable bonds is 6. The first-order valence-electron chi connectivity index (χ1n) is 6.30. The highest BCUT2D eigenvalue weighted by Gasteiger charge is 2.07. The number of hydrogen-bond donors (Lipinski definition) is 1. The van der Waals surface area contributed by atoms with Gasteiger partial charge in [-0.1, -0.05) is 36.4 Å². The number of aliphatic imine (C=N–C) groups is 1. The molecule has 19 heavy (non-hydrogen) atoms. The number of aliphatic hydroxyl groups excluding tert-OH is 1. The molecular weight excluding hydrogens is 236 g/mol. The Hall–Kier alpha value is -2.13. The first-order chi connectivity index (χ1) is 9.35. The summed E-state index contributed by atoms with van der Waals surface area (Å²) in [5.74, 6) is 0. The van der Waals surface area contributed by atoms with E-state index in [0.29, 0.717) is 0 Å². The molecule has 0 aliphatic carbocycles. The molecule has 98 valence electrons. The van der Waals surface area contributed by atoms with Crippen LogP contribution in [0.25, 0.3) is 0 Å². The zero-order chi connectivity index (χ0) is 13.5. The van der Waals surface area contributed by atoms with Crippen molar-refractivity contribution in [2.45, 2.75) is 12.6 Å². The van der Waals surface area contributed by atoms with Gasteiger partial charge in [-0.15, -0.1) is 6.58 Å². The van der Waals surface area contributed by atoms with Crippen LogP contribution in [0.15, 0.2) is 66.3 Å². The third-order valence-electron chi connectivity index (χ3n) is 2.93. The second-order valence-electron chi connectivity index (χ2n) is 4.26. The van der Waals surface area contributed by atoms with Crippen LogP contribution in [0.5, 0.6) is 0 Å². The molecule has 0 saturated carbocycles. The van der Waals surface area contributed by atoms with Crippen molar-refractivity contribution in [1.82, 2.24) is 4.57 Å². The Morgan fingerprint density at radius 2 is 2.00 bits per heavy atom. The number of nitrogens with zero attached hydrogens (tertiary/aromatic N) is 2. The van der Waals surface area contributed by atoms with Crippen molar-refractivity contribution in [1.29, 1.82) is 0 Å². The summed E-state index contributed by atoms with van der Waals surface area (Å²) in [6.07, 6.45) is 5.63. The molecule has 0 spiro atoms. The number of allylic oxidation sites excluding steroid dienone is 1. The number of aliphatic hydroxyl groups is 1. The van der Waals surface area contributed by atoms with Crippen molar-refractivity contribution in [2.75, 3.05) is 6.61 Å². The van der Waals surface area contributed by atoms with Crippen molar-refractivity contribution < 1.29 is 5.11 Å². The lowest BCUT2D eigenvalue weighted by Gasteiger charge is -2.09. The molecule has 1 N–H and O–H groups in total. The van der Waals surface area contributed by atoms with Crippen LogP contribution in [0.3, 0.4) is 0 Å². The maximum absolute atomic E-state index is 9.44. The van der Waals surface area contributed by atoms with Gasteiger partial charge in [0.2, 0.25) is 0 Å². The summed E-state index contributed by atoms with van der Waals surface area (Å²) in [4.78, 5) is 4.47. The van der Waals surface area contributed by atoms with Crippen molar-refractivity contribution in [3.63, 3.8) is 0 Å². The summed E-state index contributed by atoms with van der Waals surface area (Å²) < 4.78 is 2.05. The maximum atomic E-state index is 9.44. The van der Waals surface area contributed by atoms with Crippen LogP contribution < -0.4 is 0 Å². The molecule has 1 aromatic heterocycles. The predicted molar refractivity (Wildman–Crippen MR) is 78.5 cm³/mol. The summed E-state index contributed by atoms with van der Waals surface area (Å²) in [6.45, 7) is 4.49. The van der Waals surface area contributed by atoms with E-state index in [-0.39, 0.29) is 12.6 Å². The zero-order valence-corrected chi connectivity index (χ0v) is 10.8. The first-order valence-corrected chi connectivity index (χ1v) is 6.30. The summed E-state index contributed by atoms with van der Waals surface area (Å²) in [7, 11) is 0. The van der Waals surface area contributed by atoms with E-state index in [9.17, 15) is 5.11 Å². The van der Waals surface area contributed by atoms with Gasteiger partial charge in [0.05, 0.1) is 18.3 Å². The molecule has 0 unspecified atom stereocenters. The number of aromatic nitrogens is 1. The molecule has 0 amide bonds. The van der Waals surface area contributed by atoms with E-state index in [1.54, 1.807) is 6.21 Å². The minimum atomic E-state index is -0.215. The third-order valence-corrected chi connectivity index (χ3v) is 2.93.